The fourth-order valence-electron chi connectivity index (χ4n) is 3.20. The summed E-state index contributed by atoms with van der Waals surface area (Å²) in [7, 11) is 0. The molecule has 1 unspecified atom stereocenters. The van der Waals surface area contributed by atoms with Crippen LogP contribution in [0.25, 0.3) is 0 Å². The van der Waals surface area contributed by atoms with Gasteiger partial charge >= 0.3 is 0 Å². The van der Waals surface area contributed by atoms with Crippen LogP contribution in [0.1, 0.15) is 37.0 Å². The van der Waals surface area contributed by atoms with Crippen molar-refractivity contribution >= 4 is 11.6 Å². The summed E-state index contributed by atoms with van der Waals surface area (Å²) in [6.45, 7) is 5.02. The molecule has 5 heteroatoms. The third-order valence-electron chi connectivity index (χ3n) is 4.53. The molecule has 0 radical (unpaired) electrons. The Morgan fingerprint density at radius 3 is 2.88 bits per heavy atom. The molecule has 138 valence electrons. The molecule has 3 N–H and O–H groups in total. The van der Waals surface area contributed by atoms with E-state index in [-0.39, 0.29) is 12.0 Å². The zero-order valence-electron chi connectivity index (χ0n) is 15.4. The molecular weight excluding hydrogens is 328 g/mol. The van der Waals surface area contributed by atoms with Gasteiger partial charge in [-0.2, -0.15) is 0 Å². The third-order valence-corrected chi connectivity index (χ3v) is 4.53. The first-order chi connectivity index (χ1) is 12.6. The number of carbonyl (C=O) groups is 1. The van der Waals surface area contributed by atoms with Gasteiger partial charge in [-0.3, -0.25) is 4.79 Å². The van der Waals surface area contributed by atoms with E-state index in [0.717, 1.165) is 40.3 Å². The fraction of sp³-hybridized carbons (Fsp3) is 0.381. The molecule has 1 amide bonds. The van der Waals surface area contributed by atoms with Crippen molar-refractivity contribution in [2.45, 2.75) is 45.8 Å². The molecule has 0 fully saturated rings. The number of para-hydroxylation sites is 1. The largest absolute Gasteiger partial charge is 0.494 e. The number of hydrogen-bond acceptors (Lipinski definition) is 4. The van der Waals surface area contributed by atoms with Gasteiger partial charge in [0.05, 0.1) is 6.61 Å². The number of nitrogen functional groups attached to an aromatic ring is 1. The van der Waals surface area contributed by atoms with E-state index in [9.17, 15) is 4.79 Å². The summed E-state index contributed by atoms with van der Waals surface area (Å²) in [6, 6.07) is 11.7. The number of carbonyl (C=O) groups excluding carboxylic acids is 1. The Hall–Kier alpha value is -2.69. The molecule has 1 heterocycles. The Bertz CT molecular complexity index is 789. The minimum absolute atomic E-state index is 0.00881. The Balaban J connectivity index is 1.61. The van der Waals surface area contributed by atoms with Crippen molar-refractivity contribution in [1.29, 1.82) is 0 Å². The lowest BCUT2D eigenvalue weighted by Crippen LogP contribution is -2.23. The van der Waals surface area contributed by atoms with Crippen LogP contribution in [0.4, 0.5) is 5.69 Å². The molecule has 5 nitrogen and oxygen atoms in total. The maximum atomic E-state index is 12.2. The average Bonchev–Trinajstić information content (AvgIpc) is 2.98. The molecule has 0 bridgehead atoms. The van der Waals surface area contributed by atoms with E-state index in [1.54, 1.807) is 0 Å². The summed E-state index contributed by atoms with van der Waals surface area (Å²) in [5.74, 6) is 1.70. The summed E-state index contributed by atoms with van der Waals surface area (Å²) >= 11 is 0. The molecule has 1 aliphatic heterocycles. The van der Waals surface area contributed by atoms with Crippen molar-refractivity contribution in [3.8, 4) is 11.5 Å². The van der Waals surface area contributed by atoms with Crippen LogP contribution in [0.3, 0.4) is 0 Å². The van der Waals surface area contributed by atoms with E-state index < -0.39 is 0 Å². The van der Waals surface area contributed by atoms with Gasteiger partial charge in [0, 0.05) is 36.2 Å². The number of aryl methyl sites for hydroxylation is 1. The Kier molecular flexibility index (Phi) is 5.66. The number of rotatable bonds is 7. The number of ether oxygens (including phenoxy) is 2. The lowest BCUT2D eigenvalue weighted by atomic mass is 10.1. The monoisotopic (exact) mass is 354 g/mol. The van der Waals surface area contributed by atoms with Gasteiger partial charge in [-0.1, -0.05) is 18.2 Å². The molecule has 1 aliphatic rings. The highest BCUT2D eigenvalue weighted by molar-refractivity contribution is 5.76. The predicted octanol–water partition coefficient (Wildman–Crippen LogP) is 3.24. The Labute approximate surface area is 154 Å². The van der Waals surface area contributed by atoms with Crippen LogP contribution in [0, 0.1) is 0 Å². The summed E-state index contributed by atoms with van der Waals surface area (Å²) in [5.41, 5.74) is 9.75. The maximum Gasteiger partial charge on any atom is 0.220 e. The zero-order chi connectivity index (χ0) is 18.5. The normalized spacial score (nSPS) is 15.2. The van der Waals surface area contributed by atoms with Crippen LogP contribution >= 0.6 is 0 Å². The number of benzene rings is 2. The van der Waals surface area contributed by atoms with Crippen molar-refractivity contribution < 1.29 is 14.3 Å². The number of fused-ring (bicyclic) bond motifs is 1. The van der Waals surface area contributed by atoms with E-state index in [2.05, 4.69) is 12.2 Å². The lowest BCUT2D eigenvalue weighted by molar-refractivity contribution is -0.121. The van der Waals surface area contributed by atoms with Gasteiger partial charge in [0.25, 0.3) is 0 Å². The average molecular weight is 354 g/mol. The van der Waals surface area contributed by atoms with Crippen molar-refractivity contribution in [3.05, 3.63) is 53.1 Å². The topological polar surface area (TPSA) is 73.6 Å². The molecule has 0 aliphatic carbocycles. The fourth-order valence-corrected chi connectivity index (χ4v) is 3.20. The minimum atomic E-state index is -0.00881. The first-order valence-corrected chi connectivity index (χ1v) is 9.12. The van der Waals surface area contributed by atoms with Crippen LogP contribution in [0.15, 0.2) is 36.4 Å². The Morgan fingerprint density at radius 2 is 2.12 bits per heavy atom. The smallest absolute Gasteiger partial charge is 0.220 e. The maximum absolute atomic E-state index is 12.2. The second kappa shape index (κ2) is 8.13. The number of nitrogens with one attached hydrogen (secondary N) is 1. The van der Waals surface area contributed by atoms with E-state index >= 15 is 0 Å². The van der Waals surface area contributed by atoms with Crippen molar-refractivity contribution in [3.63, 3.8) is 0 Å². The highest BCUT2D eigenvalue weighted by Gasteiger charge is 2.22. The molecule has 2 aromatic rings. The standard InChI is InChI=1S/C21H26N2O3/c1-3-25-19-11-16-10-14(2)26-20(16)12-17(19)13-23-21(24)9-8-15-6-4-5-7-18(15)22/h4-7,11-12,14H,3,8-10,13,22H2,1-2H3,(H,23,24). The molecule has 0 saturated heterocycles. The van der Waals surface area contributed by atoms with E-state index in [0.29, 0.717) is 26.0 Å². The molecule has 26 heavy (non-hydrogen) atoms. The van der Waals surface area contributed by atoms with Gasteiger partial charge in [-0.25, -0.2) is 0 Å². The van der Waals surface area contributed by atoms with Gasteiger partial charge in [-0.15, -0.1) is 0 Å². The van der Waals surface area contributed by atoms with Gasteiger partial charge in [0.2, 0.25) is 5.91 Å². The Morgan fingerprint density at radius 1 is 1.31 bits per heavy atom. The van der Waals surface area contributed by atoms with Crippen LogP contribution in [0.2, 0.25) is 0 Å². The van der Waals surface area contributed by atoms with Gasteiger partial charge in [0.15, 0.2) is 0 Å². The van der Waals surface area contributed by atoms with Gasteiger partial charge < -0.3 is 20.5 Å². The molecule has 0 spiro atoms. The van der Waals surface area contributed by atoms with Crippen molar-refractivity contribution in [2.75, 3.05) is 12.3 Å². The minimum Gasteiger partial charge on any atom is -0.494 e. The summed E-state index contributed by atoms with van der Waals surface area (Å²) in [6.07, 6.45) is 2.10. The number of amides is 1. The van der Waals surface area contributed by atoms with E-state index in [1.165, 1.54) is 0 Å². The number of hydrogen-bond donors (Lipinski definition) is 2. The highest BCUT2D eigenvalue weighted by Crippen LogP contribution is 2.35. The van der Waals surface area contributed by atoms with Crippen LogP contribution in [-0.4, -0.2) is 18.6 Å². The highest BCUT2D eigenvalue weighted by atomic mass is 16.5. The second-order valence-corrected chi connectivity index (χ2v) is 6.61. The molecule has 3 rings (SSSR count). The summed E-state index contributed by atoms with van der Waals surface area (Å²) < 4.78 is 11.6. The predicted molar refractivity (Wildman–Crippen MR) is 102 cm³/mol. The van der Waals surface area contributed by atoms with Gasteiger partial charge in [0.1, 0.15) is 17.6 Å². The zero-order valence-corrected chi connectivity index (χ0v) is 15.4. The SMILES string of the molecule is CCOc1cc2c(cc1CNC(=O)CCc1ccccc1N)OC(C)C2. The first-order valence-electron chi connectivity index (χ1n) is 9.12. The van der Waals surface area contributed by atoms with E-state index in [4.69, 9.17) is 15.2 Å². The van der Waals surface area contributed by atoms with Gasteiger partial charge in [-0.05, 0) is 44.0 Å². The second-order valence-electron chi connectivity index (χ2n) is 6.61. The third kappa shape index (κ3) is 4.28. The number of anilines is 1. The van der Waals surface area contributed by atoms with Crippen LogP contribution < -0.4 is 20.5 Å². The van der Waals surface area contributed by atoms with Crippen molar-refractivity contribution in [2.24, 2.45) is 0 Å². The number of nitrogens with two attached hydrogens (primary N) is 1. The van der Waals surface area contributed by atoms with Crippen molar-refractivity contribution in [1.82, 2.24) is 5.32 Å². The molecule has 0 aromatic heterocycles. The molecular formula is C21H26N2O3. The quantitative estimate of drug-likeness (QED) is 0.749. The summed E-state index contributed by atoms with van der Waals surface area (Å²) in [5, 5.41) is 2.97. The molecule has 0 saturated carbocycles. The summed E-state index contributed by atoms with van der Waals surface area (Å²) in [4.78, 5) is 12.2. The molecule has 1 atom stereocenters. The first kappa shape index (κ1) is 18.1. The lowest BCUT2D eigenvalue weighted by Gasteiger charge is -2.13. The van der Waals surface area contributed by atoms with Crippen LogP contribution in [-0.2, 0) is 24.2 Å². The van der Waals surface area contributed by atoms with E-state index in [1.807, 2.05) is 43.3 Å². The molecule has 2 aromatic carbocycles. The van der Waals surface area contributed by atoms with Crippen LogP contribution in [0.5, 0.6) is 11.5 Å².